The van der Waals surface area contributed by atoms with E-state index in [1.165, 1.54) is 43.7 Å². The third-order valence-corrected chi connectivity index (χ3v) is 11.0. The molecule has 0 amide bonds. The van der Waals surface area contributed by atoms with Crippen LogP contribution in [0, 0.1) is 0 Å². The summed E-state index contributed by atoms with van der Waals surface area (Å²) in [6, 6.07) is 71.1. The van der Waals surface area contributed by atoms with Crippen LogP contribution in [-0.2, 0) is 0 Å². The van der Waals surface area contributed by atoms with Gasteiger partial charge in [-0.3, -0.25) is 0 Å². The summed E-state index contributed by atoms with van der Waals surface area (Å²) in [4.78, 5) is 10.1. The normalized spacial score (nSPS) is 14.2. The van der Waals surface area contributed by atoms with Crippen molar-refractivity contribution in [2.24, 2.45) is 9.98 Å². The highest BCUT2D eigenvalue weighted by molar-refractivity contribution is 6.14. The molecule has 2 aromatic heterocycles. The van der Waals surface area contributed by atoms with Crippen molar-refractivity contribution in [2.45, 2.75) is 6.17 Å². The zero-order valence-corrected chi connectivity index (χ0v) is 30.4. The number of hydrogen-bond acceptors (Lipinski definition) is 3. The Morgan fingerprint density at radius 3 is 1.50 bits per heavy atom. The van der Waals surface area contributed by atoms with Gasteiger partial charge in [0.2, 0.25) is 0 Å². The van der Waals surface area contributed by atoms with E-state index in [2.05, 4.69) is 190 Å². The van der Waals surface area contributed by atoms with Crippen molar-refractivity contribution in [3.63, 3.8) is 0 Å². The molecule has 8 aromatic carbocycles. The van der Waals surface area contributed by atoms with Gasteiger partial charge in [0, 0.05) is 44.0 Å². The number of hydrogen-bond donors (Lipinski definition) is 1. The van der Waals surface area contributed by atoms with Crippen LogP contribution in [0.15, 0.2) is 210 Å². The number of nitrogens with zero attached hydrogens (tertiary/aromatic N) is 4. The fourth-order valence-electron chi connectivity index (χ4n) is 8.37. The summed E-state index contributed by atoms with van der Waals surface area (Å²) in [6.07, 6.45) is -0.261. The topological polar surface area (TPSA) is 46.6 Å². The summed E-state index contributed by atoms with van der Waals surface area (Å²) >= 11 is 0. The average Bonchev–Trinajstić information content (AvgIpc) is 3.80. The van der Waals surface area contributed by atoms with E-state index in [4.69, 9.17) is 9.98 Å². The fraction of sp³-hybridized carbons (Fsp3) is 0.0196. The highest BCUT2D eigenvalue weighted by Gasteiger charge is 2.22. The van der Waals surface area contributed by atoms with Gasteiger partial charge in [0.25, 0.3) is 0 Å². The second-order valence-electron chi connectivity index (χ2n) is 14.3. The van der Waals surface area contributed by atoms with Gasteiger partial charge < -0.3 is 14.5 Å². The molecular weight excluding hydrogens is 683 g/mol. The van der Waals surface area contributed by atoms with E-state index in [0.29, 0.717) is 5.84 Å². The molecule has 0 radical (unpaired) electrons. The van der Waals surface area contributed by atoms with Crippen molar-refractivity contribution in [1.29, 1.82) is 0 Å². The molecule has 1 unspecified atom stereocenters. The van der Waals surface area contributed by atoms with Gasteiger partial charge in [0.05, 0.1) is 22.1 Å². The van der Waals surface area contributed by atoms with Crippen molar-refractivity contribution >= 4 is 55.3 Å². The quantitative estimate of drug-likeness (QED) is 0.183. The second-order valence-corrected chi connectivity index (χ2v) is 14.3. The first-order chi connectivity index (χ1) is 27.8. The Balaban J connectivity index is 1.01. The Morgan fingerprint density at radius 2 is 0.857 bits per heavy atom. The van der Waals surface area contributed by atoms with E-state index in [1.54, 1.807) is 0 Å². The lowest BCUT2D eigenvalue weighted by Gasteiger charge is -2.24. The molecule has 5 heteroatoms. The van der Waals surface area contributed by atoms with Gasteiger partial charge in [-0.15, -0.1) is 0 Å². The van der Waals surface area contributed by atoms with E-state index in [-0.39, 0.29) is 6.17 Å². The van der Waals surface area contributed by atoms with Crippen LogP contribution in [0.1, 0.15) is 22.9 Å². The number of aliphatic imine (C=N–C) groups is 2. The van der Waals surface area contributed by atoms with Crippen LogP contribution in [0.25, 0.3) is 66.1 Å². The number of para-hydroxylation sites is 3. The van der Waals surface area contributed by atoms with Crippen LogP contribution in [0.2, 0.25) is 0 Å². The molecule has 11 rings (SSSR count). The molecule has 3 heterocycles. The summed E-state index contributed by atoms with van der Waals surface area (Å²) in [5.74, 6) is 1.51. The summed E-state index contributed by atoms with van der Waals surface area (Å²) in [5.41, 5.74) is 12.4. The van der Waals surface area contributed by atoms with E-state index in [9.17, 15) is 0 Å². The Bertz CT molecular complexity index is 3120. The summed E-state index contributed by atoms with van der Waals surface area (Å²) in [6.45, 7) is 0. The van der Waals surface area contributed by atoms with Crippen LogP contribution in [-0.4, -0.2) is 20.8 Å². The summed E-state index contributed by atoms with van der Waals surface area (Å²) in [7, 11) is 0. The lowest BCUT2D eigenvalue weighted by molar-refractivity contribution is 0.674. The second kappa shape index (κ2) is 13.1. The van der Waals surface area contributed by atoms with Crippen LogP contribution >= 0.6 is 0 Å². The number of fused-ring (bicyclic) bond motifs is 6. The van der Waals surface area contributed by atoms with Crippen molar-refractivity contribution in [3.8, 4) is 22.5 Å². The van der Waals surface area contributed by atoms with Gasteiger partial charge in [-0.25, -0.2) is 9.98 Å². The molecule has 5 nitrogen and oxygen atoms in total. The third-order valence-electron chi connectivity index (χ3n) is 11.0. The van der Waals surface area contributed by atoms with Crippen molar-refractivity contribution in [3.05, 3.63) is 217 Å². The first-order valence-corrected chi connectivity index (χ1v) is 19.0. The molecule has 0 spiro atoms. The van der Waals surface area contributed by atoms with E-state index in [0.717, 1.165) is 44.9 Å². The molecular formula is C51H35N5. The molecule has 1 aliphatic heterocycles. The smallest absolute Gasteiger partial charge is 0.159 e. The van der Waals surface area contributed by atoms with E-state index >= 15 is 0 Å². The molecule has 56 heavy (non-hydrogen) atoms. The zero-order valence-electron chi connectivity index (χ0n) is 30.4. The van der Waals surface area contributed by atoms with Crippen molar-refractivity contribution in [2.75, 3.05) is 0 Å². The Hall–Kier alpha value is -7.50. The first kappa shape index (κ1) is 32.0. The maximum Gasteiger partial charge on any atom is 0.159 e. The molecule has 0 fully saturated rings. The van der Waals surface area contributed by atoms with Crippen molar-refractivity contribution < 1.29 is 0 Å². The molecule has 1 aliphatic rings. The number of rotatable bonds is 6. The van der Waals surface area contributed by atoms with E-state index in [1.807, 2.05) is 24.3 Å². The molecule has 264 valence electrons. The molecule has 0 saturated carbocycles. The minimum absolute atomic E-state index is 0.261. The van der Waals surface area contributed by atoms with Crippen LogP contribution in [0.3, 0.4) is 0 Å². The maximum absolute atomic E-state index is 5.09. The van der Waals surface area contributed by atoms with Gasteiger partial charge in [0.15, 0.2) is 5.84 Å². The Labute approximate surface area is 324 Å². The van der Waals surface area contributed by atoms with Gasteiger partial charge in [-0.1, -0.05) is 146 Å². The highest BCUT2D eigenvalue weighted by atomic mass is 15.2. The third kappa shape index (κ3) is 5.32. The maximum atomic E-state index is 5.09. The lowest BCUT2D eigenvalue weighted by atomic mass is 10.0. The fourth-order valence-corrected chi connectivity index (χ4v) is 8.37. The van der Waals surface area contributed by atoms with Crippen molar-refractivity contribution in [1.82, 2.24) is 14.5 Å². The van der Waals surface area contributed by atoms with E-state index < -0.39 is 0 Å². The van der Waals surface area contributed by atoms with Gasteiger partial charge in [-0.05, 0) is 71.3 Å². The minimum Gasteiger partial charge on any atom is -0.344 e. The monoisotopic (exact) mass is 717 g/mol. The number of amidine groups is 2. The summed E-state index contributed by atoms with van der Waals surface area (Å²) in [5, 5.41) is 8.59. The zero-order chi connectivity index (χ0) is 37.0. The van der Waals surface area contributed by atoms with Crippen LogP contribution in [0.4, 0.5) is 0 Å². The molecule has 1 atom stereocenters. The number of nitrogens with one attached hydrogen (secondary N) is 1. The Morgan fingerprint density at radius 1 is 0.375 bits per heavy atom. The average molecular weight is 718 g/mol. The number of aromatic nitrogens is 2. The first-order valence-electron chi connectivity index (χ1n) is 19.0. The summed E-state index contributed by atoms with van der Waals surface area (Å²) < 4.78 is 4.75. The van der Waals surface area contributed by atoms with Gasteiger partial charge in [0.1, 0.15) is 12.0 Å². The SMILES string of the molecule is c1ccc(C2=NC(c3ccccc3)NC(c3cccc(-n4c5ccccc5c5cc(-c6cccc(-n7c8ccccc8c8ccccc87)c6)ccc54)c3)=N2)cc1. The van der Waals surface area contributed by atoms with Gasteiger partial charge >= 0.3 is 0 Å². The number of benzene rings is 8. The minimum atomic E-state index is -0.261. The predicted octanol–water partition coefficient (Wildman–Crippen LogP) is 12.0. The van der Waals surface area contributed by atoms with Crippen LogP contribution < -0.4 is 5.32 Å². The molecule has 0 saturated heterocycles. The standard InChI is InChI=1S/C51H35N5/c1-3-15-34(16-4-1)49-52-50(35-17-5-2-6-18-35)54-51(53-49)38-20-14-22-40(32-38)56-47-28-12-9-25-43(47)44-33-37(29-30-48(44)56)36-19-13-21-39(31-36)55-45-26-10-7-23-41(45)42-24-8-11-27-46(42)55/h1-33,49H,(H,52,53,54). The van der Waals surface area contributed by atoms with Crippen LogP contribution in [0.5, 0.6) is 0 Å². The Kier molecular flexibility index (Phi) is 7.49. The largest absolute Gasteiger partial charge is 0.344 e. The highest BCUT2D eigenvalue weighted by Crippen LogP contribution is 2.37. The molecule has 0 aliphatic carbocycles. The molecule has 1 N–H and O–H groups in total. The lowest BCUT2D eigenvalue weighted by Crippen LogP contribution is -2.33. The molecule has 0 bridgehead atoms. The van der Waals surface area contributed by atoms with Gasteiger partial charge in [-0.2, -0.15) is 0 Å². The molecule has 10 aromatic rings. The predicted molar refractivity (Wildman–Crippen MR) is 232 cm³/mol.